The van der Waals surface area contributed by atoms with Crippen LogP contribution in [0.15, 0.2) is 12.2 Å². The Morgan fingerprint density at radius 3 is 2.31 bits per heavy atom. The third-order valence-corrected chi connectivity index (χ3v) is 2.38. The molecule has 13 heavy (non-hydrogen) atoms. The summed E-state index contributed by atoms with van der Waals surface area (Å²) < 4.78 is 0. The van der Waals surface area contributed by atoms with Crippen LogP contribution in [0.5, 0.6) is 0 Å². The van der Waals surface area contributed by atoms with Crippen LogP contribution in [-0.2, 0) is 0 Å². The molecule has 0 aromatic heterocycles. The van der Waals surface area contributed by atoms with Crippen LogP contribution in [0.3, 0.4) is 0 Å². The maximum absolute atomic E-state index is 5.82. The molecule has 2 atom stereocenters. The van der Waals surface area contributed by atoms with E-state index in [1.807, 2.05) is 0 Å². The van der Waals surface area contributed by atoms with Crippen molar-refractivity contribution in [2.45, 2.75) is 33.7 Å². The normalized spacial score (nSPS) is 15.8. The molecule has 2 nitrogen and oxygen atoms in total. The molecule has 0 fully saturated rings. The van der Waals surface area contributed by atoms with Gasteiger partial charge in [-0.1, -0.05) is 26.0 Å². The van der Waals surface area contributed by atoms with E-state index in [4.69, 9.17) is 5.73 Å². The predicted molar refractivity (Wildman–Crippen MR) is 59.7 cm³/mol. The van der Waals surface area contributed by atoms with E-state index in [1.165, 1.54) is 5.57 Å². The molecule has 0 aliphatic carbocycles. The Morgan fingerprint density at radius 1 is 1.46 bits per heavy atom. The molecule has 0 saturated heterocycles. The summed E-state index contributed by atoms with van der Waals surface area (Å²) in [5.74, 6) is 0.555. The summed E-state index contributed by atoms with van der Waals surface area (Å²) in [7, 11) is 0. The van der Waals surface area contributed by atoms with Crippen LogP contribution in [0.2, 0.25) is 0 Å². The Labute approximate surface area is 82.8 Å². The summed E-state index contributed by atoms with van der Waals surface area (Å²) in [6.07, 6.45) is 0. The monoisotopic (exact) mass is 184 g/mol. The van der Waals surface area contributed by atoms with E-state index in [9.17, 15) is 0 Å². The van der Waals surface area contributed by atoms with E-state index < -0.39 is 0 Å². The van der Waals surface area contributed by atoms with Gasteiger partial charge in [0.15, 0.2) is 0 Å². The first-order valence-corrected chi connectivity index (χ1v) is 5.09. The minimum Gasteiger partial charge on any atom is -0.328 e. The molecule has 0 bridgehead atoms. The predicted octanol–water partition coefficient (Wildman–Crippen LogP) is 1.87. The Morgan fingerprint density at radius 2 is 2.00 bits per heavy atom. The third-order valence-electron chi connectivity index (χ3n) is 2.38. The Hall–Kier alpha value is -0.340. The smallest absolute Gasteiger partial charge is 0.0187 e. The Balaban J connectivity index is 3.90. The fourth-order valence-electron chi connectivity index (χ4n) is 1.26. The van der Waals surface area contributed by atoms with Crippen molar-refractivity contribution in [2.24, 2.45) is 11.7 Å². The largest absolute Gasteiger partial charge is 0.328 e. The minimum atomic E-state index is 0.277. The van der Waals surface area contributed by atoms with Crippen molar-refractivity contribution in [3.63, 3.8) is 0 Å². The molecule has 2 heteroatoms. The lowest BCUT2D eigenvalue weighted by molar-refractivity contribution is 0.252. The fraction of sp³-hybridized carbons (Fsp3) is 0.818. The number of likely N-dealkylation sites (N-methyl/N-ethyl adjacent to an activating group) is 1. The van der Waals surface area contributed by atoms with E-state index in [2.05, 4.69) is 39.2 Å². The van der Waals surface area contributed by atoms with Crippen LogP contribution in [0.25, 0.3) is 0 Å². The zero-order valence-corrected chi connectivity index (χ0v) is 9.51. The summed E-state index contributed by atoms with van der Waals surface area (Å²) in [5.41, 5.74) is 7.04. The van der Waals surface area contributed by atoms with Crippen LogP contribution < -0.4 is 5.73 Å². The van der Waals surface area contributed by atoms with Gasteiger partial charge in [0.05, 0.1) is 0 Å². The van der Waals surface area contributed by atoms with Crippen molar-refractivity contribution < 1.29 is 0 Å². The van der Waals surface area contributed by atoms with Crippen LogP contribution in [-0.4, -0.2) is 30.6 Å². The van der Waals surface area contributed by atoms with Gasteiger partial charge >= 0.3 is 0 Å². The number of nitrogens with zero attached hydrogens (tertiary/aromatic N) is 1. The Bertz CT molecular complexity index is 152. The van der Waals surface area contributed by atoms with Gasteiger partial charge in [-0.15, -0.1) is 0 Å². The highest BCUT2D eigenvalue weighted by atomic mass is 15.1. The standard InChI is InChI=1S/C11H24N2/c1-6-13(7-9(2)3)8-10(4)11(5)12/h10-11H,2,6-8,12H2,1,3-5H3. The van der Waals surface area contributed by atoms with Gasteiger partial charge in [-0.2, -0.15) is 0 Å². The molecule has 0 saturated carbocycles. The highest BCUT2D eigenvalue weighted by molar-refractivity contribution is 4.92. The summed E-state index contributed by atoms with van der Waals surface area (Å²) in [5, 5.41) is 0. The summed E-state index contributed by atoms with van der Waals surface area (Å²) in [6.45, 7) is 15.6. The zero-order chi connectivity index (χ0) is 10.4. The second kappa shape index (κ2) is 6.17. The minimum absolute atomic E-state index is 0.277. The molecule has 0 rings (SSSR count). The number of rotatable bonds is 6. The fourth-order valence-corrected chi connectivity index (χ4v) is 1.26. The van der Waals surface area contributed by atoms with Crippen molar-refractivity contribution in [2.75, 3.05) is 19.6 Å². The molecular formula is C11H24N2. The first-order valence-electron chi connectivity index (χ1n) is 5.09. The van der Waals surface area contributed by atoms with E-state index in [0.29, 0.717) is 5.92 Å². The third kappa shape index (κ3) is 5.83. The van der Waals surface area contributed by atoms with E-state index >= 15 is 0 Å². The summed E-state index contributed by atoms with van der Waals surface area (Å²) in [6, 6.07) is 0.277. The van der Waals surface area contributed by atoms with Crippen molar-refractivity contribution >= 4 is 0 Å². The quantitative estimate of drug-likeness (QED) is 0.639. The van der Waals surface area contributed by atoms with Gasteiger partial charge in [-0.3, -0.25) is 4.90 Å². The molecule has 0 spiro atoms. The van der Waals surface area contributed by atoms with Crippen molar-refractivity contribution in [1.29, 1.82) is 0 Å². The lowest BCUT2D eigenvalue weighted by Gasteiger charge is -2.26. The molecule has 0 aliphatic heterocycles. The second-order valence-electron chi connectivity index (χ2n) is 4.12. The molecule has 78 valence electrons. The maximum Gasteiger partial charge on any atom is 0.0187 e. The van der Waals surface area contributed by atoms with Gasteiger partial charge in [0.1, 0.15) is 0 Å². The average Bonchev–Trinajstić information content (AvgIpc) is 2.02. The van der Waals surface area contributed by atoms with Gasteiger partial charge in [0.2, 0.25) is 0 Å². The molecular weight excluding hydrogens is 160 g/mol. The number of hydrogen-bond acceptors (Lipinski definition) is 2. The van der Waals surface area contributed by atoms with E-state index in [1.54, 1.807) is 0 Å². The van der Waals surface area contributed by atoms with E-state index in [0.717, 1.165) is 19.6 Å². The average molecular weight is 184 g/mol. The molecule has 2 N–H and O–H groups in total. The van der Waals surface area contributed by atoms with Gasteiger partial charge in [-0.25, -0.2) is 0 Å². The summed E-state index contributed by atoms with van der Waals surface area (Å²) in [4.78, 5) is 2.39. The lowest BCUT2D eigenvalue weighted by Crippen LogP contribution is -2.36. The molecule has 0 aliphatic rings. The van der Waals surface area contributed by atoms with Gasteiger partial charge < -0.3 is 5.73 Å². The van der Waals surface area contributed by atoms with Crippen LogP contribution in [0.1, 0.15) is 27.7 Å². The topological polar surface area (TPSA) is 29.3 Å². The highest BCUT2D eigenvalue weighted by Gasteiger charge is 2.11. The van der Waals surface area contributed by atoms with Crippen LogP contribution in [0.4, 0.5) is 0 Å². The van der Waals surface area contributed by atoms with Crippen molar-refractivity contribution in [3.05, 3.63) is 12.2 Å². The number of hydrogen-bond donors (Lipinski definition) is 1. The molecule has 0 heterocycles. The molecule has 0 radical (unpaired) electrons. The maximum atomic E-state index is 5.82. The molecule has 2 unspecified atom stereocenters. The van der Waals surface area contributed by atoms with Crippen LogP contribution in [0, 0.1) is 5.92 Å². The van der Waals surface area contributed by atoms with Gasteiger partial charge in [-0.05, 0) is 26.3 Å². The second-order valence-corrected chi connectivity index (χ2v) is 4.12. The Kier molecular flexibility index (Phi) is 6.00. The van der Waals surface area contributed by atoms with Gasteiger partial charge in [0.25, 0.3) is 0 Å². The first-order chi connectivity index (χ1) is 5.97. The summed E-state index contributed by atoms with van der Waals surface area (Å²) >= 11 is 0. The first kappa shape index (κ1) is 12.7. The van der Waals surface area contributed by atoms with E-state index in [-0.39, 0.29) is 6.04 Å². The lowest BCUT2D eigenvalue weighted by atomic mass is 10.0. The highest BCUT2D eigenvalue weighted by Crippen LogP contribution is 2.05. The van der Waals surface area contributed by atoms with Crippen LogP contribution >= 0.6 is 0 Å². The number of nitrogens with two attached hydrogens (primary N) is 1. The molecule has 0 aromatic carbocycles. The molecule has 0 aromatic rings. The van der Waals surface area contributed by atoms with Crippen molar-refractivity contribution in [3.8, 4) is 0 Å². The van der Waals surface area contributed by atoms with Gasteiger partial charge in [0, 0.05) is 19.1 Å². The SMILES string of the molecule is C=C(C)CN(CC)CC(C)C(C)N. The van der Waals surface area contributed by atoms with Crippen molar-refractivity contribution in [1.82, 2.24) is 4.90 Å². The molecule has 0 amide bonds. The zero-order valence-electron chi connectivity index (χ0n) is 9.51.